The Morgan fingerprint density at radius 3 is 2.60 bits per heavy atom. The summed E-state index contributed by atoms with van der Waals surface area (Å²) in [5, 5.41) is 6.16. The van der Waals surface area contributed by atoms with Crippen LogP contribution in [0.1, 0.15) is 11.4 Å². The first kappa shape index (κ1) is 13.0. The summed E-state index contributed by atoms with van der Waals surface area (Å²) >= 11 is 6.44. The van der Waals surface area contributed by atoms with E-state index in [1.807, 2.05) is 43.3 Å². The molecule has 0 aliphatic rings. The molecule has 0 fully saturated rings. The molecule has 20 heavy (non-hydrogen) atoms. The van der Waals surface area contributed by atoms with E-state index in [0.717, 1.165) is 33.0 Å². The molecule has 0 radical (unpaired) electrons. The first-order chi connectivity index (χ1) is 9.65. The SMILES string of the molecule is Cc1nsc(Nc2ccc(C(N)=S)c3ccccc23)n1. The van der Waals surface area contributed by atoms with Crippen molar-refractivity contribution in [3.63, 3.8) is 0 Å². The van der Waals surface area contributed by atoms with Crippen molar-refractivity contribution in [2.45, 2.75) is 6.92 Å². The number of aryl methyl sites for hydroxylation is 1. The van der Waals surface area contributed by atoms with Crippen LogP contribution in [-0.4, -0.2) is 14.3 Å². The number of benzene rings is 2. The summed E-state index contributed by atoms with van der Waals surface area (Å²) in [5.74, 6) is 0.765. The van der Waals surface area contributed by atoms with Crippen LogP contribution in [0.2, 0.25) is 0 Å². The number of nitrogens with zero attached hydrogens (tertiary/aromatic N) is 2. The zero-order valence-corrected chi connectivity index (χ0v) is 12.4. The number of thiocarbonyl (C=S) groups is 1. The summed E-state index contributed by atoms with van der Waals surface area (Å²) in [4.78, 5) is 4.72. The van der Waals surface area contributed by atoms with Gasteiger partial charge >= 0.3 is 0 Å². The van der Waals surface area contributed by atoms with Crippen LogP contribution in [0.3, 0.4) is 0 Å². The van der Waals surface area contributed by atoms with Crippen LogP contribution in [0.4, 0.5) is 10.8 Å². The van der Waals surface area contributed by atoms with E-state index in [-0.39, 0.29) is 0 Å². The van der Waals surface area contributed by atoms with Gasteiger partial charge in [-0.25, -0.2) is 4.98 Å². The number of nitrogens with one attached hydrogen (secondary N) is 1. The van der Waals surface area contributed by atoms with Gasteiger partial charge in [0, 0.05) is 28.2 Å². The number of rotatable bonds is 3. The van der Waals surface area contributed by atoms with E-state index >= 15 is 0 Å². The predicted octanol–water partition coefficient (Wildman–Crippen LogP) is 3.38. The molecule has 0 aliphatic heterocycles. The maximum atomic E-state index is 5.78. The normalized spacial score (nSPS) is 10.7. The molecule has 0 amide bonds. The maximum Gasteiger partial charge on any atom is 0.207 e. The largest absolute Gasteiger partial charge is 0.389 e. The van der Waals surface area contributed by atoms with Gasteiger partial charge in [0.05, 0.1) is 0 Å². The van der Waals surface area contributed by atoms with Crippen molar-refractivity contribution in [3.8, 4) is 0 Å². The zero-order chi connectivity index (χ0) is 14.1. The van der Waals surface area contributed by atoms with Crippen molar-refractivity contribution in [1.29, 1.82) is 0 Å². The molecule has 4 nitrogen and oxygen atoms in total. The van der Waals surface area contributed by atoms with Gasteiger partial charge in [0.25, 0.3) is 0 Å². The van der Waals surface area contributed by atoms with Crippen LogP contribution in [0.15, 0.2) is 36.4 Å². The van der Waals surface area contributed by atoms with E-state index in [0.29, 0.717) is 4.99 Å². The molecule has 6 heteroatoms. The molecule has 0 aliphatic carbocycles. The highest BCUT2D eigenvalue weighted by molar-refractivity contribution is 7.80. The third kappa shape index (κ3) is 2.35. The van der Waals surface area contributed by atoms with Gasteiger partial charge in [0.1, 0.15) is 10.8 Å². The fourth-order valence-corrected chi connectivity index (χ4v) is 2.85. The minimum atomic E-state index is 0.402. The Kier molecular flexibility index (Phi) is 3.33. The second-order valence-corrected chi connectivity index (χ2v) is 5.53. The molecule has 1 aromatic heterocycles. The second kappa shape index (κ2) is 5.15. The quantitative estimate of drug-likeness (QED) is 0.726. The first-order valence-corrected chi connectivity index (χ1v) is 7.22. The molecule has 0 spiro atoms. The lowest BCUT2D eigenvalue weighted by Gasteiger charge is -2.10. The van der Waals surface area contributed by atoms with E-state index in [1.54, 1.807) is 0 Å². The highest BCUT2D eigenvalue weighted by Crippen LogP contribution is 2.29. The molecular weight excluding hydrogens is 288 g/mol. The third-order valence-electron chi connectivity index (χ3n) is 2.96. The number of hydrogen-bond acceptors (Lipinski definition) is 5. The van der Waals surface area contributed by atoms with Gasteiger partial charge < -0.3 is 11.1 Å². The fraction of sp³-hybridized carbons (Fsp3) is 0.0714. The minimum absolute atomic E-state index is 0.402. The van der Waals surface area contributed by atoms with Gasteiger partial charge in [-0.15, -0.1) is 0 Å². The minimum Gasteiger partial charge on any atom is -0.389 e. The number of hydrogen-bond donors (Lipinski definition) is 2. The van der Waals surface area contributed by atoms with Crippen molar-refractivity contribution in [2.75, 3.05) is 5.32 Å². The Morgan fingerprint density at radius 2 is 1.95 bits per heavy atom. The lowest BCUT2D eigenvalue weighted by molar-refractivity contribution is 1.17. The Morgan fingerprint density at radius 1 is 1.20 bits per heavy atom. The molecule has 0 saturated carbocycles. The Labute approximate surface area is 125 Å². The lowest BCUT2D eigenvalue weighted by atomic mass is 10.0. The maximum absolute atomic E-state index is 5.78. The Bertz CT molecular complexity index is 795. The molecule has 0 bridgehead atoms. The van der Waals surface area contributed by atoms with Crippen LogP contribution >= 0.6 is 23.8 Å². The number of nitrogens with two attached hydrogens (primary N) is 1. The van der Waals surface area contributed by atoms with Crippen molar-refractivity contribution in [3.05, 3.63) is 47.8 Å². The van der Waals surface area contributed by atoms with Crippen LogP contribution in [0, 0.1) is 6.92 Å². The molecule has 3 rings (SSSR count). The highest BCUT2D eigenvalue weighted by atomic mass is 32.1. The second-order valence-electron chi connectivity index (χ2n) is 4.34. The van der Waals surface area contributed by atoms with Gasteiger partial charge in [-0.1, -0.05) is 36.5 Å². The lowest BCUT2D eigenvalue weighted by Crippen LogP contribution is -2.10. The number of fused-ring (bicyclic) bond motifs is 1. The van der Waals surface area contributed by atoms with E-state index < -0.39 is 0 Å². The Balaban J connectivity index is 2.12. The first-order valence-electron chi connectivity index (χ1n) is 6.04. The topological polar surface area (TPSA) is 63.8 Å². The average Bonchev–Trinajstić information content (AvgIpc) is 2.84. The molecule has 0 unspecified atom stereocenters. The molecular formula is C14H12N4S2. The molecule has 1 heterocycles. The summed E-state index contributed by atoms with van der Waals surface area (Å²) in [6, 6.07) is 11.9. The number of aromatic nitrogens is 2. The van der Waals surface area contributed by atoms with Gasteiger partial charge in [0.2, 0.25) is 5.13 Å². The van der Waals surface area contributed by atoms with Crippen LogP contribution < -0.4 is 11.1 Å². The average molecular weight is 300 g/mol. The molecule has 3 aromatic rings. The molecule has 100 valence electrons. The van der Waals surface area contributed by atoms with Crippen LogP contribution in [0.25, 0.3) is 10.8 Å². The van der Waals surface area contributed by atoms with E-state index in [4.69, 9.17) is 18.0 Å². The van der Waals surface area contributed by atoms with E-state index in [2.05, 4.69) is 14.7 Å². The molecule has 0 atom stereocenters. The predicted molar refractivity (Wildman–Crippen MR) is 87.8 cm³/mol. The molecule has 0 saturated heterocycles. The summed E-state index contributed by atoms with van der Waals surface area (Å²) in [6.45, 7) is 1.87. The Hall–Kier alpha value is -2.05. The van der Waals surface area contributed by atoms with Crippen LogP contribution in [-0.2, 0) is 0 Å². The van der Waals surface area contributed by atoms with Gasteiger partial charge in [-0.05, 0) is 24.4 Å². The van der Waals surface area contributed by atoms with Crippen molar-refractivity contribution in [1.82, 2.24) is 9.36 Å². The zero-order valence-electron chi connectivity index (χ0n) is 10.8. The van der Waals surface area contributed by atoms with Crippen molar-refractivity contribution in [2.24, 2.45) is 5.73 Å². The van der Waals surface area contributed by atoms with Gasteiger partial charge in [0.15, 0.2) is 0 Å². The summed E-state index contributed by atoms with van der Waals surface area (Å²) in [5.41, 5.74) is 7.63. The smallest absolute Gasteiger partial charge is 0.207 e. The molecule has 2 aromatic carbocycles. The van der Waals surface area contributed by atoms with Crippen molar-refractivity contribution < 1.29 is 0 Å². The van der Waals surface area contributed by atoms with Crippen LogP contribution in [0.5, 0.6) is 0 Å². The molecule has 3 N–H and O–H groups in total. The summed E-state index contributed by atoms with van der Waals surface area (Å²) < 4.78 is 4.17. The number of anilines is 2. The van der Waals surface area contributed by atoms with Gasteiger partial charge in [-0.2, -0.15) is 4.37 Å². The fourth-order valence-electron chi connectivity index (χ4n) is 2.09. The van der Waals surface area contributed by atoms with E-state index in [1.165, 1.54) is 11.5 Å². The highest BCUT2D eigenvalue weighted by Gasteiger charge is 2.09. The summed E-state index contributed by atoms with van der Waals surface area (Å²) in [7, 11) is 0. The monoisotopic (exact) mass is 300 g/mol. The summed E-state index contributed by atoms with van der Waals surface area (Å²) in [6.07, 6.45) is 0. The van der Waals surface area contributed by atoms with Gasteiger partial charge in [-0.3, -0.25) is 0 Å². The standard InChI is InChI=1S/C14H12N4S2/c1-8-16-14(20-18-8)17-12-7-6-11(13(15)19)9-4-2-3-5-10(9)12/h2-7H,1H3,(H2,15,19)(H,16,17,18). The van der Waals surface area contributed by atoms with Crippen molar-refractivity contribution >= 4 is 50.3 Å². The van der Waals surface area contributed by atoms with E-state index in [9.17, 15) is 0 Å². The third-order valence-corrected chi connectivity index (χ3v) is 3.90.